The molecule has 0 aliphatic heterocycles. The van der Waals surface area contributed by atoms with Crippen molar-refractivity contribution in [1.29, 1.82) is 0 Å². The average molecular weight is 387 g/mol. The smallest absolute Gasteiger partial charge is 0.187 e. The Hall–Kier alpha value is -1.85. The lowest BCUT2D eigenvalue weighted by atomic mass is 9.90. The lowest BCUT2D eigenvalue weighted by molar-refractivity contribution is -0.115. The first-order valence-corrected chi connectivity index (χ1v) is 11.2. The van der Waals surface area contributed by atoms with E-state index in [1.165, 1.54) is 11.0 Å². The monoisotopic (exact) mass is 386 g/mol. The zero-order chi connectivity index (χ0) is 18.5. The summed E-state index contributed by atoms with van der Waals surface area (Å²) >= 11 is 1.73. The number of carbonyl (C=O) groups is 1. The van der Waals surface area contributed by atoms with Crippen molar-refractivity contribution in [3.63, 3.8) is 0 Å². The standard InChI is InChI=1S/C21H22O3S2/c22-18-12-15-21(16-13-18,26(23,24)20-10-5-2-6-11-20)14-7-17-25-19-8-3-1-4-9-19/h1-6,8-12,15H,7,13-14,16-17H2. The third-order valence-corrected chi connectivity index (χ3v) is 8.32. The van der Waals surface area contributed by atoms with Crippen molar-refractivity contribution in [2.45, 2.75) is 40.2 Å². The third-order valence-electron chi connectivity index (χ3n) is 4.71. The van der Waals surface area contributed by atoms with Gasteiger partial charge in [0, 0.05) is 11.3 Å². The normalized spacial score (nSPS) is 20.2. The summed E-state index contributed by atoms with van der Waals surface area (Å²) in [6, 6.07) is 18.7. The van der Waals surface area contributed by atoms with E-state index in [2.05, 4.69) is 12.1 Å². The molecule has 3 nitrogen and oxygen atoms in total. The molecule has 5 heteroatoms. The fraction of sp³-hybridized carbons (Fsp3) is 0.286. The Morgan fingerprint density at radius 3 is 2.23 bits per heavy atom. The molecule has 0 amide bonds. The van der Waals surface area contributed by atoms with Crippen molar-refractivity contribution in [3.05, 3.63) is 72.8 Å². The first-order valence-electron chi connectivity index (χ1n) is 8.73. The number of rotatable bonds is 7. The summed E-state index contributed by atoms with van der Waals surface area (Å²) in [4.78, 5) is 13.2. The maximum Gasteiger partial charge on any atom is 0.187 e. The Morgan fingerprint density at radius 2 is 1.62 bits per heavy atom. The molecular weight excluding hydrogens is 364 g/mol. The van der Waals surface area contributed by atoms with Crippen LogP contribution in [0.3, 0.4) is 0 Å². The van der Waals surface area contributed by atoms with E-state index in [1.54, 1.807) is 42.1 Å². The zero-order valence-electron chi connectivity index (χ0n) is 14.5. The predicted octanol–water partition coefficient (Wildman–Crippen LogP) is 4.69. The van der Waals surface area contributed by atoms with Crippen molar-refractivity contribution in [3.8, 4) is 0 Å². The van der Waals surface area contributed by atoms with Gasteiger partial charge in [-0.25, -0.2) is 8.42 Å². The number of thioether (sulfide) groups is 1. The lowest BCUT2D eigenvalue weighted by Crippen LogP contribution is -2.39. The van der Waals surface area contributed by atoms with Crippen molar-refractivity contribution in [1.82, 2.24) is 0 Å². The predicted molar refractivity (Wildman–Crippen MR) is 106 cm³/mol. The molecule has 0 N–H and O–H groups in total. The third kappa shape index (κ3) is 4.10. The van der Waals surface area contributed by atoms with Crippen LogP contribution in [0.2, 0.25) is 0 Å². The molecule has 136 valence electrons. The van der Waals surface area contributed by atoms with Gasteiger partial charge in [-0.3, -0.25) is 4.79 Å². The van der Waals surface area contributed by atoms with Gasteiger partial charge in [0.25, 0.3) is 0 Å². The summed E-state index contributed by atoms with van der Waals surface area (Å²) in [7, 11) is -3.54. The fourth-order valence-corrected chi connectivity index (χ4v) is 6.12. The number of hydrogen-bond donors (Lipinski definition) is 0. The highest BCUT2D eigenvalue weighted by Gasteiger charge is 2.43. The van der Waals surface area contributed by atoms with Crippen LogP contribution in [0.4, 0.5) is 0 Å². The van der Waals surface area contributed by atoms with Crippen LogP contribution in [0.1, 0.15) is 25.7 Å². The molecule has 3 rings (SSSR count). The minimum Gasteiger partial charge on any atom is -0.295 e. The van der Waals surface area contributed by atoms with Crippen molar-refractivity contribution in [2.24, 2.45) is 0 Å². The van der Waals surface area contributed by atoms with Gasteiger partial charge in [0.15, 0.2) is 15.6 Å². The van der Waals surface area contributed by atoms with Crippen LogP contribution in [0, 0.1) is 0 Å². The maximum absolute atomic E-state index is 13.3. The minimum absolute atomic E-state index is 0.00236. The lowest BCUT2D eigenvalue weighted by Gasteiger charge is -2.32. The largest absolute Gasteiger partial charge is 0.295 e. The minimum atomic E-state index is -3.54. The quantitative estimate of drug-likeness (QED) is 0.512. The molecule has 0 radical (unpaired) electrons. The molecule has 2 aromatic rings. The fourth-order valence-electron chi connectivity index (χ4n) is 3.23. The Balaban J connectivity index is 1.77. The summed E-state index contributed by atoms with van der Waals surface area (Å²) in [5.41, 5.74) is 0. The molecule has 1 unspecified atom stereocenters. The van der Waals surface area contributed by atoms with Crippen LogP contribution >= 0.6 is 11.8 Å². The van der Waals surface area contributed by atoms with E-state index in [0.29, 0.717) is 17.7 Å². The van der Waals surface area contributed by atoms with E-state index >= 15 is 0 Å². The number of ketones is 1. The number of carbonyl (C=O) groups excluding carboxylic acids is 1. The Kier molecular flexibility index (Phi) is 5.99. The summed E-state index contributed by atoms with van der Waals surface area (Å²) < 4.78 is 25.6. The summed E-state index contributed by atoms with van der Waals surface area (Å²) in [6.07, 6.45) is 5.02. The first kappa shape index (κ1) is 18.9. The SMILES string of the molecule is O=C1C=CC(CCCSc2ccccc2)(S(=O)(=O)c2ccccc2)CC1. The molecular formula is C21H22O3S2. The summed E-state index contributed by atoms with van der Waals surface area (Å²) in [5.74, 6) is 0.847. The van der Waals surface area contributed by atoms with Gasteiger partial charge in [-0.15, -0.1) is 11.8 Å². The van der Waals surface area contributed by atoms with Crippen LogP contribution in [0.25, 0.3) is 0 Å². The van der Waals surface area contributed by atoms with Crippen molar-refractivity contribution >= 4 is 27.4 Å². The summed E-state index contributed by atoms with van der Waals surface area (Å²) in [5, 5.41) is 0. The molecule has 26 heavy (non-hydrogen) atoms. The van der Waals surface area contributed by atoms with E-state index in [9.17, 15) is 13.2 Å². The van der Waals surface area contributed by atoms with Crippen LogP contribution < -0.4 is 0 Å². The van der Waals surface area contributed by atoms with Gasteiger partial charge >= 0.3 is 0 Å². The van der Waals surface area contributed by atoms with E-state index in [4.69, 9.17) is 0 Å². The molecule has 1 aliphatic carbocycles. The summed E-state index contributed by atoms with van der Waals surface area (Å²) in [6.45, 7) is 0. The highest BCUT2D eigenvalue weighted by atomic mass is 32.2. The molecule has 0 aromatic heterocycles. The Bertz CT molecular complexity index is 874. The van der Waals surface area contributed by atoms with E-state index in [0.717, 1.165) is 12.2 Å². The number of allylic oxidation sites excluding steroid dienone is 1. The second-order valence-electron chi connectivity index (χ2n) is 6.45. The highest BCUT2D eigenvalue weighted by molar-refractivity contribution is 7.99. The van der Waals surface area contributed by atoms with Gasteiger partial charge in [0.05, 0.1) is 9.64 Å². The second-order valence-corrected chi connectivity index (χ2v) is 9.91. The van der Waals surface area contributed by atoms with Gasteiger partial charge in [-0.05, 0) is 55.4 Å². The van der Waals surface area contributed by atoms with E-state index in [-0.39, 0.29) is 12.2 Å². The molecule has 1 aliphatic rings. The second kappa shape index (κ2) is 8.23. The Morgan fingerprint density at radius 1 is 0.962 bits per heavy atom. The van der Waals surface area contributed by atoms with Gasteiger partial charge in [0.2, 0.25) is 0 Å². The number of hydrogen-bond acceptors (Lipinski definition) is 4. The zero-order valence-corrected chi connectivity index (χ0v) is 16.1. The van der Waals surface area contributed by atoms with Gasteiger partial charge < -0.3 is 0 Å². The average Bonchev–Trinajstić information content (AvgIpc) is 2.68. The molecule has 1 atom stereocenters. The molecule has 0 heterocycles. The molecule has 0 saturated heterocycles. The van der Waals surface area contributed by atoms with Crippen molar-refractivity contribution in [2.75, 3.05) is 5.75 Å². The number of benzene rings is 2. The van der Waals surface area contributed by atoms with Crippen LogP contribution in [-0.4, -0.2) is 24.7 Å². The highest BCUT2D eigenvalue weighted by Crippen LogP contribution is 2.38. The molecule has 0 fully saturated rings. The molecule has 0 saturated carbocycles. The van der Waals surface area contributed by atoms with Crippen molar-refractivity contribution < 1.29 is 13.2 Å². The van der Waals surface area contributed by atoms with E-state index < -0.39 is 14.6 Å². The Labute approximate surface area is 159 Å². The topological polar surface area (TPSA) is 51.2 Å². The van der Waals surface area contributed by atoms with Crippen LogP contribution in [-0.2, 0) is 14.6 Å². The maximum atomic E-state index is 13.3. The molecule has 0 spiro atoms. The number of sulfone groups is 1. The van der Waals surface area contributed by atoms with Gasteiger partial charge in [-0.1, -0.05) is 42.5 Å². The first-order chi connectivity index (χ1) is 12.5. The van der Waals surface area contributed by atoms with E-state index in [1.807, 2.05) is 24.3 Å². The van der Waals surface area contributed by atoms with Gasteiger partial charge in [-0.2, -0.15) is 0 Å². The molecule has 0 bridgehead atoms. The van der Waals surface area contributed by atoms with Gasteiger partial charge in [0.1, 0.15) is 0 Å². The molecule has 2 aromatic carbocycles. The van der Waals surface area contributed by atoms with Crippen LogP contribution in [0.15, 0.2) is 82.6 Å². The van der Waals surface area contributed by atoms with Crippen LogP contribution in [0.5, 0.6) is 0 Å².